The Morgan fingerprint density at radius 2 is 1.65 bits per heavy atom. The van der Waals surface area contributed by atoms with Crippen LogP contribution < -0.4 is 0 Å². The van der Waals surface area contributed by atoms with Gasteiger partial charge in [0.1, 0.15) is 0 Å². The molecule has 3 heteroatoms. The third-order valence-corrected chi connectivity index (χ3v) is 5.48. The van der Waals surface area contributed by atoms with E-state index in [0.717, 1.165) is 4.47 Å². The number of aryl methyl sites for hydroxylation is 3. The molecule has 0 aliphatic rings. The molecule has 0 N–H and O–H groups in total. The van der Waals surface area contributed by atoms with E-state index < -0.39 is 0 Å². The maximum Gasteiger partial charge on any atom is 0.0928 e. The highest BCUT2D eigenvalue weighted by Crippen LogP contribution is 2.37. The minimum absolute atomic E-state index is 0.0522. The SMILES string of the molecule is Cc1cc(C)cc(C(Cl)c2cc(Br)c(C)s2)c1. The Hall–Kier alpha value is -0.310. The van der Waals surface area contributed by atoms with E-state index in [2.05, 4.69) is 61.0 Å². The highest BCUT2D eigenvalue weighted by atomic mass is 79.9. The first kappa shape index (κ1) is 13.1. The molecular weight excluding hydrogens is 316 g/mol. The first-order valence-electron chi connectivity index (χ1n) is 5.45. The summed E-state index contributed by atoms with van der Waals surface area (Å²) < 4.78 is 1.15. The molecule has 90 valence electrons. The van der Waals surface area contributed by atoms with Crippen molar-refractivity contribution < 1.29 is 0 Å². The first-order chi connectivity index (χ1) is 7.97. The van der Waals surface area contributed by atoms with Crippen molar-refractivity contribution in [3.8, 4) is 0 Å². The van der Waals surface area contributed by atoms with Crippen LogP contribution >= 0.6 is 38.9 Å². The van der Waals surface area contributed by atoms with Gasteiger partial charge in [0.05, 0.1) is 5.38 Å². The number of alkyl halides is 1. The van der Waals surface area contributed by atoms with E-state index in [1.165, 1.54) is 26.4 Å². The normalized spacial score (nSPS) is 12.8. The molecule has 0 aliphatic carbocycles. The highest BCUT2D eigenvalue weighted by Gasteiger charge is 2.15. The lowest BCUT2D eigenvalue weighted by atomic mass is 10.0. The van der Waals surface area contributed by atoms with Crippen LogP contribution in [-0.4, -0.2) is 0 Å². The van der Waals surface area contributed by atoms with Crippen molar-refractivity contribution in [3.63, 3.8) is 0 Å². The van der Waals surface area contributed by atoms with Gasteiger partial charge >= 0.3 is 0 Å². The van der Waals surface area contributed by atoms with Crippen molar-refractivity contribution in [1.29, 1.82) is 0 Å². The Labute approximate surface area is 120 Å². The second kappa shape index (κ2) is 5.13. The molecule has 1 heterocycles. The van der Waals surface area contributed by atoms with Gasteiger partial charge < -0.3 is 0 Å². The Kier molecular flexibility index (Phi) is 3.96. The minimum Gasteiger partial charge on any atom is -0.143 e. The quantitative estimate of drug-likeness (QED) is 0.614. The first-order valence-corrected chi connectivity index (χ1v) is 7.50. The van der Waals surface area contributed by atoms with Gasteiger partial charge in [0.15, 0.2) is 0 Å². The zero-order valence-electron chi connectivity index (χ0n) is 10.1. The fourth-order valence-corrected chi connectivity index (χ4v) is 3.82. The van der Waals surface area contributed by atoms with Crippen LogP contribution in [0.5, 0.6) is 0 Å². The van der Waals surface area contributed by atoms with E-state index >= 15 is 0 Å². The molecule has 1 aromatic carbocycles. The molecule has 0 bridgehead atoms. The van der Waals surface area contributed by atoms with Crippen LogP contribution in [0.25, 0.3) is 0 Å². The van der Waals surface area contributed by atoms with E-state index in [1.54, 1.807) is 11.3 Å². The fraction of sp³-hybridized carbons (Fsp3) is 0.286. The summed E-state index contributed by atoms with van der Waals surface area (Å²) in [6.45, 7) is 6.31. The molecule has 0 fully saturated rings. The second-order valence-electron chi connectivity index (χ2n) is 4.34. The molecule has 0 radical (unpaired) electrons. The minimum atomic E-state index is -0.0522. The van der Waals surface area contributed by atoms with Gasteiger partial charge in [-0.25, -0.2) is 0 Å². The summed E-state index contributed by atoms with van der Waals surface area (Å²) in [5.41, 5.74) is 3.70. The molecule has 0 aliphatic heterocycles. The molecule has 1 atom stereocenters. The second-order valence-corrected chi connectivity index (χ2v) is 6.92. The third-order valence-electron chi connectivity index (χ3n) is 2.66. The van der Waals surface area contributed by atoms with Crippen molar-refractivity contribution in [3.05, 3.63) is 55.2 Å². The number of benzene rings is 1. The van der Waals surface area contributed by atoms with Crippen molar-refractivity contribution in [2.75, 3.05) is 0 Å². The third kappa shape index (κ3) is 2.93. The van der Waals surface area contributed by atoms with Crippen molar-refractivity contribution in [2.24, 2.45) is 0 Å². The molecule has 0 saturated carbocycles. The van der Waals surface area contributed by atoms with Gasteiger partial charge in [-0.05, 0) is 48.3 Å². The van der Waals surface area contributed by atoms with E-state index in [9.17, 15) is 0 Å². The molecule has 0 spiro atoms. The van der Waals surface area contributed by atoms with E-state index in [0.29, 0.717) is 0 Å². The van der Waals surface area contributed by atoms with Crippen molar-refractivity contribution in [2.45, 2.75) is 26.1 Å². The summed E-state index contributed by atoms with van der Waals surface area (Å²) in [4.78, 5) is 2.47. The molecule has 0 amide bonds. The van der Waals surface area contributed by atoms with Gasteiger partial charge in [-0.1, -0.05) is 29.3 Å². The predicted octanol–water partition coefficient (Wildman–Crippen LogP) is 5.76. The Morgan fingerprint density at radius 1 is 1.06 bits per heavy atom. The molecule has 1 aromatic heterocycles. The standard InChI is InChI=1S/C14H14BrClS/c1-8-4-9(2)6-11(5-8)14(16)13-7-12(15)10(3)17-13/h4-7,14H,1-3H3. The highest BCUT2D eigenvalue weighted by molar-refractivity contribution is 9.10. The summed E-state index contributed by atoms with van der Waals surface area (Å²) in [5.74, 6) is 0. The molecule has 2 rings (SSSR count). The molecule has 17 heavy (non-hydrogen) atoms. The summed E-state index contributed by atoms with van der Waals surface area (Å²) in [5, 5.41) is -0.0522. The Morgan fingerprint density at radius 3 is 2.12 bits per heavy atom. The van der Waals surface area contributed by atoms with Gasteiger partial charge in [0.25, 0.3) is 0 Å². The fourth-order valence-electron chi connectivity index (χ4n) is 1.93. The molecule has 0 nitrogen and oxygen atoms in total. The van der Waals surface area contributed by atoms with Gasteiger partial charge in [0, 0.05) is 14.2 Å². The van der Waals surface area contributed by atoms with Crippen molar-refractivity contribution in [1.82, 2.24) is 0 Å². The predicted molar refractivity (Wildman–Crippen MR) is 80.4 cm³/mol. The van der Waals surface area contributed by atoms with E-state index in [-0.39, 0.29) is 5.38 Å². The van der Waals surface area contributed by atoms with E-state index in [4.69, 9.17) is 11.6 Å². The summed E-state index contributed by atoms with van der Waals surface area (Å²) in [6.07, 6.45) is 0. The number of thiophene rings is 1. The molecule has 1 unspecified atom stereocenters. The number of hydrogen-bond acceptors (Lipinski definition) is 1. The summed E-state index contributed by atoms with van der Waals surface area (Å²) in [7, 11) is 0. The lowest BCUT2D eigenvalue weighted by molar-refractivity contribution is 1.16. The summed E-state index contributed by atoms with van der Waals surface area (Å²) in [6, 6.07) is 8.61. The topological polar surface area (TPSA) is 0 Å². The lowest BCUT2D eigenvalue weighted by Gasteiger charge is -2.10. The molecule has 0 saturated heterocycles. The smallest absolute Gasteiger partial charge is 0.0928 e. The van der Waals surface area contributed by atoms with E-state index in [1.807, 2.05) is 0 Å². The largest absolute Gasteiger partial charge is 0.143 e. The van der Waals surface area contributed by atoms with Crippen LogP contribution in [0, 0.1) is 20.8 Å². The van der Waals surface area contributed by atoms with Crippen molar-refractivity contribution >= 4 is 38.9 Å². The van der Waals surface area contributed by atoms with Gasteiger partial charge in [0.2, 0.25) is 0 Å². The number of hydrogen-bond donors (Lipinski definition) is 0. The van der Waals surface area contributed by atoms with Gasteiger partial charge in [-0.15, -0.1) is 22.9 Å². The Balaban J connectivity index is 2.39. The number of halogens is 2. The molecule has 2 aromatic rings. The lowest BCUT2D eigenvalue weighted by Crippen LogP contribution is -1.92. The van der Waals surface area contributed by atoms with Crippen LogP contribution in [0.1, 0.15) is 31.8 Å². The van der Waals surface area contributed by atoms with Crippen LogP contribution in [-0.2, 0) is 0 Å². The monoisotopic (exact) mass is 328 g/mol. The van der Waals surface area contributed by atoms with Crippen LogP contribution in [0.15, 0.2) is 28.7 Å². The average Bonchev–Trinajstić information content (AvgIpc) is 2.57. The zero-order valence-corrected chi connectivity index (χ0v) is 13.2. The number of rotatable bonds is 2. The maximum absolute atomic E-state index is 6.55. The van der Waals surface area contributed by atoms with Gasteiger partial charge in [-0.3, -0.25) is 0 Å². The van der Waals surface area contributed by atoms with Gasteiger partial charge in [-0.2, -0.15) is 0 Å². The van der Waals surface area contributed by atoms with Crippen LogP contribution in [0.2, 0.25) is 0 Å². The Bertz CT molecular complexity index is 505. The van der Waals surface area contributed by atoms with Crippen LogP contribution in [0.3, 0.4) is 0 Å². The zero-order chi connectivity index (χ0) is 12.6. The van der Waals surface area contributed by atoms with Crippen LogP contribution in [0.4, 0.5) is 0 Å². The average molecular weight is 330 g/mol. The molecular formula is C14H14BrClS. The summed E-state index contributed by atoms with van der Waals surface area (Å²) >= 11 is 11.8. The maximum atomic E-state index is 6.55.